The maximum atomic E-state index is 4.29. The molecule has 0 aliphatic carbocycles. The van der Waals surface area contributed by atoms with Crippen molar-refractivity contribution < 1.29 is 0 Å². The van der Waals surface area contributed by atoms with Gasteiger partial charge in [-0.2, -0.15) is 10.2 Å². The first-order valence-corrected chi connectivity index (χ1v) is 5.45. The second-order valence-corrected chi connectivity index (χ2v) is 3.76. The van der Waals surface area contributed by atoms with E-state index in [9.17, 15) is 0 Å². The van der Waals surface area contributed by atoms with Gasteiger partial charge in [0.2, 0.25) is 0 Å². The minimum Gasteiger partial charge on any atom is -0.377 e. The number of hydrogen-bond donors (Lipinski definition) is 1. The van der Waals surface area contributed by atoms with Crippen molar-refractivity contribution in [1.82, 2.24) is 19.6 Å². The third-order valence-electron chi connectivity index (χ3n) is 2.79. The summed E-state index contributed by atoms with van der Waals surface area (Å²) in [7, 11) is 1.94. The quantitative estimate of drug-likeness (QED) is 0.909. The Morgan fingerprint density at radius 1 is 1.35 bits per heavy atom. The number of nitrogens with zero attached hydrogens (tertiary/aromatic N) is 4. The van der Waals surface area contributed by atoms with Crippen LogP contribution in [-0.2, 0) is 20.1 Å². The third-order valence-corrected chi connectivity index (χ3v) is 2.79. The molecule has 0 aliphatic heterocycles. The molecule has 0 spiro atoms. The third kappa shape index (κ3) is 2.79. The summed E-state index contributed by atoms with van der Waals surface area (Å²) in [6.07, 6.45) is 3.68. The van der Waals surface area contributed by atoms with Gasteiger partial charge in [0.25, 0.3) is 0 Å². The molecule has 0 unspecified atom stereocenters. The zero-order chi connectivity index (χ0) is 11.5. The molecule has 17 heavy (non-hydrogen) atoms. The first-order chi connectivity index (χ1) is 7.72. The lowest BCUT2D eigenvalue weighted by molar-refractivity contribution is 0.640. The van der Waals surface area contributed by atoms with E-state index in [2.05, 4.69) is 29.4 Å². The van der Waals surface area contributed by atoms with Crippen molar-refractivity contribution in [3.8, 4) is 0 Å². The summed E-state index contributed by atoms with van der Waals surface area (Å²) >= 11 is 0. The normalized spacial score (nSPS) is 10.1. The average molecular weight is 256 g/mol. The molecule has 5 nitrogen and oxygen atoms in total. The van der Waals surface area contributed by atoms with Gasteiger partial charge in [0, 0.05) is 19.8 Å². The van der Waals surface area contributed by atoms with Gasteiger partial charge in [0.15, 0.2) is 0 Å². The van der Waals surface area contributed by atoms with E-state index in [-0.39, 0.29) is 12.4 Å². The van der Waals surface area contributed by atoms with Gasteiger partial charge in [-0.05, 0) is 19.9 Å². The Balaban J connectivity index is 0.00000144. The lowest BCUT2D eigenvalue weighted by Gasteiger charge is -2.06. The molecule has 2 rings (SSSR count). The van der Waals surface area contributed by atoms with Crippen molar-refractivity contribution in [2.75, 3.05) is 5.32 Å². The van der Waals surface area contributed by atoms with Crippen molar-refractivity contribution in [3.05, 3.63) is 29.8 Å². The van der Waals surface area contributed by atoms with E-state index in [1.807, 2.05) is 28.7 Å². The van der Waals surface area contributed by atoms with Crippen LogP contribution < -0.4 is 5.32 Å². The summed E-state index contributed by atoms with van der Waals surface area (Å²) < 4.78 is 3.85. The van der Waals surface area contributed by atoms with Gasteiger partial charge in [-0.1, -0.05) is 0 Å². The highest BCUT2D eigenvalue weighted by molar-refractivity contribution is 5.85. The van der Waals surface area contributed by atoms with E-state index in [1.54, 1.807) is 6.20 Å². The molecule has 2 aromatic heterocycles. The summed E-state index contributed by atoms with van der Waals surface area (Å²) in [6, 6.07) is 2.01. The van der Waals surface area contributed by atoms with Crippen molar-refractivity contribution in [2.24, 2.45) is 7.05 Å². The number of anilines is 1. The first kappa shape index (κ1) is 13.6. The molecule has 0 amide bonds. The predicted octanol–water partition coefficient (Wildman–Crippen LogP) is 1.98. The van der Waals surface area contributed by atoms with E-state index in [1.165, 1.54) is 5.69 Å². The molecule has 0 atom stereocenters. The molecule has 0 saturated heterocycles. The van der Waals surface area contributed by atoms with Crippen LogP contribution in [-0.4, -0.2) is 19.6 Å². The fraction of sp³-hybridized carbons (Fsp3) is 0.455. The Hall–Kier alpha value is -1.49. The van der Waals surface area contributed by atoms with Crippen LogP contribution in [0.3, 0.4) is 0 Å². The smallest absolute Gasteiger partial charge is 0.0759 e. The van der Waals surface area contributed by atoms with E-state index in [0.29, 0.717) is 0 Å². The number of hydrogen-bond acceptors (Lipinski definition) is 3. The average Bonchev–Trinajstić information content (AvgIpc) is 2.83. The van der Waals surface area contributed by atoms with Gasteiger partial charge >= 0.3 is 0 Å². The van der Waals surface area contributed by atoms with Crippen LogP contribution in [0.4, 0.5) is 5.69 Å². The van der Waals surface area contributed by atoms with Crippen molar-refractivity contribution in [2.45, 2.75) is 26.9 Å². The molecular formula is C11H18ClN5. The summed E-state index contributed by atoms with van der Waals surface area (Å²) in [5.41, 5.74) is 3.41. The first-order valence-electron chi connectivity index (χ1n) is 5.45. The largest absolute Gasteiger partial charge is 0.377 e. The molecule has 1 N–H and O–H groups in total. The Labute approximate surface area is 107 Å². The fourth-order valence-electron chi connectivity index (χ4n) is 1.70. The molecule has 0 bridgehead atoms. The molecule has 0 fully saturated rings. The molecule has 0 radical (unpaired) electrons. The van der Waals surface area contributed by atoms with Gasteiger partial charge in [-0.25, -0.2) is 0 Å². The van der Waals surface area contributed by atoms with Crippen LogP contribution in [0.1, 0.15) is 18.3 Å². The summed E-state index contributed by atoms with van der Waals surface area (Å²) in [5, 5.41) is 11.8. The van der Waals surface area contributed by atoms with Gasteiger partial charge in [-0.3, -0.25) is 9.36 Å². The van der Waals surface area contributed by atoms with Gasteiger partial charge in [0.05, 0.1) is 29.8 Å². The van der Waals surface area contributed by atoms with Gasteiger partial charge < -0.3 is 5.32 Å². The van der Waals surface area contributed by atoms with Crippen molar-refractivity contribution in [3.63, 3.8) is 0 Å². The highest BCUT2D eigenvalue weighted by Crippen LogP contribution is 2.14. The Kier molecular flexibility index (Phi) is 4.57. The fourth-order valence-corrected chi connectivity index (χ4v) is 1.70. The molecule has 0 aliphatic rings. The SMILES string of the molecule is CCn1ncc(NCc2ccnn2C)c1C.Cl. The number of aryl methyl sites for hydroxylation is 2. The lowest BCUT2D eigenvalue weighted by atomic mass is 10.3. The topological polar surface area (TPSA) is 47.7 Å². The second kappa shape index (κ2) is 5.72. The van der Waals surface area contributed by atoms with E-state index < -0.39 is 0 Å². The van der Waals surface area contributed by atoms with Crippen LogP contribution in [0.25, 0.3) is 0 Å². The van der Waals surface area contributed by atoms with Crippen LogP contribution in [0.2, 0.25) is 0 Å². The van der Waals surface area contributed by atoms with Crippen LogP contribution >= 0.6 is 12.4 Å². The summed E-state index contributed by atoms with van der Waals surface area (Å²) in [4.78, 5) is 0. The maximum Gasteiger partial charge on any atom is 0.0759 e. The molecule has 0 saturated carbocycles. The van der Waals surface area contributed by atoms with Gasteiger partial charge in [0.1, 0.15) is 0 Å². The summed E-state index contributed by atoms with van der Waals surface area (Å²) in [6.45, 7) is 5.83. The molecule has 94 valence electrons. The molecule has 2 heterocycles. The van der Waals surface area contributed by atoms with Crippen LogP contribution in [0.5, 0.6) is 0 Å². The highest BCUT2D eigenvalue weighted by Gasteiger charge is 2.05. The van der Waals surface area contributed by atoms with Crippen molar-refractivity contribution in [1.29, 1.82) is 0 Å². The van der Waals surface area contributed by atoms with Crippen LogP contribution in [0.15, 0.2) is 18.5 Å². The zero-order valence-corrected chi connectivity index (χ0v) is 11.2. The minimum atomic E-state index is 0. The maximum absolute atomic E-state index is 4.29. The number of halogens is 1. The minimum absolute atomic E-state index is 0. The second-order valence-electron chi connectivity index (χ2n) is 3.76. The number of rotatable bonds is 4. The van der Waals surface area contributed by atoms with Crippen molar-refractivity contribution >= 4 is 18.1 Å². The monoisotopic (exact) mass is 255 g/mol. The van der Waals surface area contributed by atoms with Crippen LogP contribution in [0, 0.1) is 6.92 Å². The van der Waals surface area contributed by atoms with E-state index >= 15 is 0 Å². The Morgan fingerprint density at radius 3 is 2.65 bits per heavy atom. The van der Waals surface area contributed by atoms with Gasteiger partial charge in [-0.15, -0.1) is 12.4 Å². The zero-order valence-electron chi connectivity index (χ0n) is 10.3. The highest BCUT2D eigenvalue weighted by atomic mass is 35.5. The molecular weight excluding hydrogens is 238 g/mol. The number of nitrogens with one attached hydrogen (secondary N) is 1. The standard InChI is InChI=1S/C11H17N5.ClH/c1-4-16-9(2)11(8-14-16)12-7-10-5-6-13-15(10)3;/h5-6,8,12H,4,7H2,1-3H3;1H. The molecule has 6 heteroatoms. The van der Waals surface area contributed by atoms with E-state index in [0.717, 1.165) is 24.5 Å². The Bertz CT molecular complexity index is 474. The predicted molar refractivity (Wildman–Crippen MR) is 70.4 cm³/mol. The summed E-state index contributed by atoms with van der Waals surface area (Å²) in [5.74, 6) is 0. The van der Waals surface area contributed by atoms with E-state index in [4.69, 9.17) is 0 Å². The Morgan fingerprint density at radius 2 is 2.12 bits per heavy atom. The lowest BCUT2D eigenvalue weighted by Crippen LogP contribution is -2.06. The number of aromatic nitrogens is 4. The molecule has 2 aromatic rings. The molecule has 0 aromatic carbocycles.